The van der Waals surface area contributed by atoms with Crippen LogP contribution >= 0.6 is 0 Å². The third-order valence-corrected chi connectivity index (χ3v) is 4.34. The minimum atomic E-state index is -1.81. The molecule has 0 radical (unpaired) electrons. The van der Waals surface area contributed by atoms with Crippen LogP contribution in [0.5, 0.6) is 0 Å². The maximum atomic E-state index is 14.2. The topological polar surface area (TPSA) is 71.2 Å². The fourth-order valence-electron chi connectivity index (χ4n) is 2.36. The molecule has 0 aliphatic carbocycles. The highest BCUT2D eigenvalue weighted by Gasteiger charge is 2.49. The molecule has 22 heavy (non-hydrogen) atoms. The largest absolute Gasteiger partial charge is 0.393 e. The first-order valence-electron chi connectivity index (χ1n) is 6.87. The van der Waals surface area contributed by atoms with Gasteiger partial charge in [-0.1, -0.05) is 19.9 Å². The summed E-state index contributed by atoms with van der Waals surface area (Å²) in [5.41, 5.74) is -3.04. The predicted molar refractivity (Wildman–Crippen MR) is 75.7 cm³/mol. The molecule has 1 heterocycles. The van der Waals surface area contributed by atoms with Crippen LogP contribution in [0.2, 0.25) is 0 Å². The van der Waals surface area contributed by atoms with E-state index in [0.717, 1.165) is 6.07 Å². The van der Waals surface area contributed by atoms with Crippen molar-refractivity contribution in [3.05, 3.63) is 48.1 Å². The quantitative estimate of drug-likeness (QED) is 0.884. The molecule has 0 aliphatic heterocycles. The Hall–Kier alpha value is -1.86. The number of aliphatic hydroxyl groups excluding tert-OH is 1. The Morgan fingerprint density at radius 1 is 1.32 bits per heavy atom. The number of benzene rings is 1. The van der Waals surface area contributed by atoms with Crippen LogP contribution in [0.25, 0.3) is 0 Å². The van der Waals surface area contributed by atoms with Gasteiger partial charge in [-0.3, -0.25) is 0 Å². The molecule has 0 amide bonds. The van der Waals surface area contributed by atoms with E-state index in [-0.39, 0.29) is 12.1 Å². The molecule has 0 fully saturated rings. The van der Waals surface area contributed by atoms with E-state index >= 15 is 0 Å². The summed E-state index contributed by atoms with van der Waals surface area (Å²) >= 11 is 0. The third kappa shape index (κ3) is 2.74. The van der Waals surface area contributed by atoms with E-state index in [4.69, 9.17) is 0 Å². The molecule has 2 rings (SSSR count). The molecule has 7 heteroatoms. The summed E-state index contributed by atoms with van der Waals surface area (Å²) in [6, 6.07) is 2.97. The molecule has 1 aromatic carbocycles. The smallest absolute Gasteiger partial charge is 0.137 e. The zero-order chi connectivity index (χ0) is 16.5. The van der Waals surface area contributed by atoms with E-state index in [1.807, 2.05) is 0 Å². The highest BCUT2D eigenvalue weighted by Crippen LogP contribution is 2.44. The lowest BCUT2D eigenvalue weighted by Crippen LogP contribution is -2.51. The van der Waals surface area contributed by atoms with Crippen molar-refractivity contribution < 1.29 is 19.0 Å². The van der Waals surface area contributed by atoms with Gasteiger partial charge in [-0.15, -0.1) is 0 Å². The predicted octanol–water partition coefficient (Wildman–Crippen LogP) is 1.85. The van der Waals surface area contributed by atoms with Crippen LogP contribution in [0.1, 0.15) is 26.3 Å². The van der Waals surface area contributed by atoms with Crippen molar-refractivity contribution in [3.8, 4) is 0 Å². The van der Waals surface area contributed by atoms with Gasteiger partial charge in [0.25, 0.3) is 0 Å². The molecule has 0 bridgehead atoms. The van der Waals surface area contributed by atoms with Crippen LogP contribution in [0.15, 0.2) is 30.9 Å². The van der Waals surface area contributed by atoms with Crippen molar-refractivity contribution in [2.24, 2.45) is 5.41 Å². The number of hydrogen-bond donors (Lipinski definition) is 2. The highest BCUT2D eigenvalue weighted by atomic mass is 19.1. The minimum Gasteiger partial charge on any atom is -0.393 e. The monoisotopic (exact) mass is 311 g/mol. The Morgan fingerprint density at radius 3 is 2.50 bits per heavy atom. The van der Waals surface area contributed by atoms with Crippen molar-refractivity contribution >= 4 is 0 Å². The van der Waals surface area contributed by atoms with Gasteiger partial charge in [-0.05, 0) is 13.0 Å². The molecule has 2 unspecified atom stereocenters. The Morgan fingerprint density at radius 2 is 2.00 bits per heavy atom. The van der Waals surface area contributed by atoms with E-state index in [1.54, 1.807) is 13.8 Å². The van der Waals surface area contributed by atoms with Crippen molar-refractivity contribution in [1.82, 2.24) is 14.8 Å². The zero-order valence-electron chi connectivity index (χ0n) is 12.7. The van der Waals surface area contributed by atoms with Gasteiger partial charge in [0.1, 0.15) is 29.9 Å². The van der Waals surface area contributed by atoms with Crippen LogP contribution < -0.4 is 0 Å². The first-order chi connectivity index (χ1) is 10.2. The second-order valence-electron chi connectivity index (χ2n) is 5.98. The van der Waals surface area contributed by atoms with Crippen molar-refractivity contribution in [3.63, 3.8) is 0 Å². The van der Waals surface area contributed by atoms with Gasteiger partial charge in [-0.2, -0.15) is 5.10 Å². The number of rotatable bonds is 5. The number of aliphatic hydroxyl groups is 2. The minimum absolute atomic E-state index is 0.102. The Kier molecular flexibility index (Phi) is 4.30. The van der Waals surface area contributed by atoms with Crippen LogP contribution in [-0.2, 0) is 12.1 Å². The van der Waals surface area contributed by atoms with Gasteiger partial charge >= 0.3 is 0 Å². The highest BCUT2D eigenvalue weighted by molar-refractivity contribution is 5.28. The van der Waals surface area contributed by atoms with Crippen LogP contribution in [0.4, 0.5) is 8.78 Å². The van der Waals surface area contributed by atoms with Crippen LogP contribution in [0.3, 0.4) is 0 Å². The zero-order valence-corrected chi connectivity index (χ0v) is 12.7. The summed E-state index contributed by atoms with van der Waals surface area (Å²) < 4.78 is 28.8. The molecule has 120 valence electrons. The Balaban J connectivity index is 2.59. The molecule has 0 saturated heterocycles. The second kappa shape index (κ2) is 5.73. The number of aromatic nitrogens is 3. The summed E-state index contributed by atoms with van der Waals surface area (Å²) in [6.45, 7) is 4.59. The van der Waals surface area contributed by atoms with Crippen molar-refractivity contribution in [2.45, 2.75) is 39.0 Å². The lowest BCUT2D eigenvalue weighted by molar-refractivity contribution is -0.139. The molecular weight excluding hydrogens is 292 g/mol. The summed E-state index contributed by atoms with van der Waals surface area (Å²) in [5.74, 6) is -1.62. The van der Waals surface area contributed by atoms with Gasteiger partial charge in [-0.25, -0.2) is 18.4 Å². The third-order valence-electron chi connectivity index (χ3n) is 4.34. The lowest BCUT2D eigenvalue weighted by Gasteiger charge is -2.45. The van der Waals surface area contributed by atoms with Gasteiger partial charge < -0.3 is 10.2 Å². The summed E-state index contributed by atoms with van der Waals surface area (Å²) in [7, 11) is 0. The normalized spacial score (nSPS) is 16.3. The molecule has 5 nitrogen and oxygen atoms in total. The molecule has 0 spiro atoms. The number of halogens is 2. The molecule has 2 atom stereocenters. The second-order valence-corrected chi connectivity index (χ2v) is 5.98. The maximum absolute atomic E-state index is 14.2. The molecule has 0 saturated carbocycles. The van der Waals surface area contributed by atoms with Crippen LogP contribution in [-0.4, -0.2) is 31.1 Å². The molecular formula is C15H19F2N3O2. The summed E-state index contributed by atoms with van der Waals surface area (Å²) in [4.78, 5) is 3.79. The van der Waals surface area contributed by atoms with Crippen LogP contribution in [0, 0.1) is 17.0 Å². The van der Waals surface area contributed by atoms with Gasteiger partial charge in [0, 0.05) is 17.0 Å². The Labute approximate surface area is 127 Å². The van der Waals surface area contributed by atoms with Gasteiger partial charge in [0.05, 0.1) is 12.6 Å². The van der Waals surface area contributed by atoms with Crippen molar-refractivity contribution in [2.75, 3.05) is 0 Å². The van der Waals surface area contributed by atoms with E-state index in [0.29, 0.717) is 6.07 Å². The fraction of sp³-hybridized carbons (Fsp3) is 0.467. The average molecular weight is 311 g/mol. The Bertz CT molecular complexity index is 644. The van der Waals surface area contributed by atoms with E-state index in [2.05, 4.69) is 10.1 Å². The number of hydrogen-bond acceptors (Lipinski definition) is 4. The van der Waals surface area contributed by atoms with Gasteiger partial charge in [0.15, 0.2) is 0 Å². The van der Waals surface area contributed by atoms with Gasteiger partial charge in [0.2, 0.25) is 0 Å². The standard InChI is InChI=1S/C15H19F2N3O2/c1-10(21)14(2,3)15(22,7-20-9-18-8-19-20)12-5-4-11(16)6-13(12)17/h4-6,8-10,21-22H,7H2,1-3H3. The van der Waals surface area contributed by atoms with E-state index < -0.39 is 28.8 Å². The fourth-order valence-corrected chi connectivity index (χ4v) is 2.36. The maximum Gasteiger partial charge on any atom is 0.137 e. The first kappa shape index (κ1) is 16.5. The molecule has 2 aromatic rings. The molecule has 2 N–H and O–H groups in total. The first-order valence-corrected chi connectivity index (χ1v) is 6.87. The SMILES string of the molecule is CC(O)C(C)(C)C(O)(Cn1cncn1)c1ccc(F)cc1F. The van der Waals surface area contributed by atoms with E-state index in [1.165, 1.54) is 30.3 Å². The summed E-state index contributed by atoms with van der Waals surface area (Å²) in [5, 5.41) is 25.2. The summed E-state index contributed by atoms with van der Waals surface area (Å²) in [6.07, 6.45) is 1.71. The van der Waals surface area contributed by atoms with E-state index in [9.17, 15) is 19.0 Å². The molecule has 0 aliphatic rings. The lowest BCUT2D eigenvalue weighted by atomic mass is 9.67. The van der Waals surface area contributed by atoms with Crippen molar-refractivity contribution in [1.29, 1.82) is 0 Å². The molecule has 1 aromatic heterocycles. The number of nitrogens with zero attached hydrogens (tertiary/aromatic N) is 3. The average Bonchev–Trinajstić information content (AvgIpc) is 2.90.